The van der Waals surface area contributed by atoms with Crippen LogP contribution in [0, 0.1) is 6.92 Å². The van der Waals surface area contributed by atoms with Crippen LogP contribution in [0.4, 0.5) is 0 Å². The lowest BCUT2D eigenvalue weighted by Gasteiger charge is -2.22. The summed E-state index contributed by atoms with van der Waals surface area (Å²) >= 11 is 0. The molecule has 0 spiro atoms. The highest BCUT2D eigenvalue weighted by atomic mass is 32.2. The van der Waals surface area contributed by atoms with Crippen LogP contribution in [0.2, 0.25) is 0 Å². The molecular weight excluding hydrogens is 360 g/mol. The lowest BCUT2D eigenvalue weighted by atomic mass is 10.1. The number of nitrogens with zero attached hydrogens (tertiary/aromatic N) is 1. The number of rotatable bonds is 7. The zero-order valence-electron chi connectivity index (χ0n) is 15.4. The van der Waals surface area contributed by atoms with E-state index in [1.54, 1.807) is 28.6 Å². The van der Waals surface area contributed by atoms with Crippen molar-refractivity contribution in [1.29, 1.82) is 0 Å². The van der Waals surface area contributed by atoms with Crippen LogP contribution >= 0.6 is 0 Å². The summed E-state index contributed by atoms with van der Waals surface area (Å²) in [5.74, 6) is -0.0598. The fourth-order valence-corrected chi connectivity index (χ4v) is 4.73. The molecule has 4 rings (SSSR count). The number of amides is 1. The molecule has 2 aromatic carbocycles. The maximum atomic E-state index is 13.1. The van der Waals surface area contributed by atoms with Crippen molar-refractivity contribution in [2.24, 2.45) is 0 Å². The number of benzene rings is 2. The smallest absolute Gasteiger partial charge is 0.251 e. The molecule has 0 radical (unpaired) electrons. The fraction of sp³-hybridized carbons (Fsp3) is 0.381. The monoisotopic (exact) mass is 384 g/mol. The third kappa shape index (κ3) is 4.22. The number of carbonyl (C=O) groups excluding carboxylic acids is 1. The predicted octanol–water partition coefficient (Wildman–Crippen LogP) is 3.24. The van der Waals surface area contributed by atoms with Crippen molar-refractivity contribution in [2.45, 2.75) is 56.1 Å². The zero-order valence-corrected chi connectivity index (χ0v) is 16.2. The normalized spacial score (nSPS) is 17.1. The standard InChI is InChI=1S/C21H24N2O3S/c1-15-2-12-20(13-3-15)27(25,26)23(19-10-11-19)14-16-4-6-17(7-5-16)21(24)22-18-8-9-18/h2-7,12-13,18-19H,8-11,14H2,1H3,(H,22,24). The highest BCUT2D eigenvalue weighted by Gasteiger charge is 2.38. The van der Waals surface area contributed by atoms with Gasteiger partial charge >= 0.3 is 0 Å². The Morgan fingerprint density at radius 2 is 1.63 bits per heavy atom. The van der Waals surface area contributed by atoms with E-state index >= 15 is 0 Å². The molecule has 27 heavy (non-hydrogen) atoms. The molecule has 1 N–H and O–H groups in total. The van der Waals surface area contributed by atoms with Crippen LogP contribution in [-0.2, 0) is 16.6 Å². The first-order valence-electron chi connectivity index (χ1n) is 9.42. The molecule has 0 saturated heterocycles. The fourth-order valence-electron chi connectivity index (χ4n) is 3.06. The second-order valence-electron chi connectivity index (χ2n) is 7.54. The van der Waals surface area contributed by atoms with Crippen LogP contribution in [0.5, 0.6) is 0 Å². The first kappa shape index (κ1) is 18.2. The predicted molar refractivity (Wildman–Crippen MR) is 104 cm³/mol. The molecule has 1 amide bonds. The first-order valence-corrected chi connectivity index (χ1v) is 10.9. The van der Waals surface area contributed by atoms with Gasteiger partial charge in [0, 0.05) is 24.2 Å². The average molecular weight is 385 g/mol. The van der Waals surface area contributed by atoms with Gasteiger partial charge in [0.05, 0.1) is 4.90 Å². The van der Waals surface area contributed by atoms with Crippen molar-refractivity contribution in [2.75, 3.05) is 0 Å². The van der Waals surface area contributed by atoms with Crippen LogP contribution < -0.4 is 5.32 Å². The second kappa shape index (κ2) is 7.09. The van der Waals surface area contributed by atoms with Gasteiger partial charge in [0.15, 0.2) is 0 Å². The highest BCUT2D eigenvalue weighted by Crippen LogP contribution is 2.33. The maximum Gasteiger partial charge on any atom is 0.251 e. The number of aryl methyl sites for hydroxylation is 1. The minimum Gasteiger partial charge on any atom is -0.349 e. The Bertz CT molecular complexity index is 928. The molecule has 0 bridgehead atoms. The molecule has 0 unspecified atom stereocenters. The molecule has 0 aliphatic heterocycles. The molecule has 0 heterocycles. The van der Waals surface area contributed by atoms with Gasteiger partial charge in [-0.3, -0.25) is 4.79 Å². The molecular formula is C21H24N2O3S. The molecule has 0 aromatic heterocycles. The van der Waals surface area contributed by atoms with Gasteiger partial charge in [-0.2, -0.15) is 4.31 Å². The van der Waals surface area contributed by atoms with Gasteiger partial charge in [-0.1, -0.05) is 29.8 Å². The van der Waals surface area contributed by atoms with Crippen LogP contribution in [0.3, 0.4) is 0 Å². The number of nitrogens with one attached hydrogen (secondary N) is 1. The van der Waals surface area contributed by atoms with E-state index < -0.39 is 10.0 Å². The van der Waals surface area contributed by atoms with E-state index in [4.69, 9.17) is 0 Å². The third-order valence-corrected chi connectivity index (χ3v) is 6.96. The topological polar surface area (TPSA) is 66.5 Å². The summed E-state index contributed by atoms with van der Waals surface area (Å²) in [5, 5.41) is 2.96. The Morgan fingerprint density at radius 3 is 2.19 bits per heavy atom. The average Bonchev–Trinajstić information content (AvgIpc) is 3.55. The quantitative estimate of drug-likeness (QED) is 0.797. The molecule has 2 aromatic rings. The van der Waals surface area contributed by atoms with E-state index in [0.717, 1.165) is 36.8 Å². The van der Waals surface area contributed by atoms with Gasteiger partial charge in [-0.25, -0.2) is 8.42 Å². The van der Waals surface area contributed by atoms with E-state index in [2.05, 4.69) is 5.32 Å². The Balaban J connectivity index is 1.51. The number of carbonyl (C=O) groups is 1. The first-order chi connectivity index (χ1) is 12.9. The Kier molecular flexibility index (Phi) is 4.78. The van der Waals surface area contributed by atoms with E-state index in [1.807, 2.05) is 31.2 Å². The van der Waals surface area contributed by atoms with Gasteiger partial charge in [-0.05, 0) is 62.4 Å². The molecule has 0 atom stereocenters. The van der Waals surface area contributed by atoms with Gasteiger partial charge in [0.1, 0.15) is 0 Å². The summed E-state index contributed by atoms with van der Waals surface area (Å²) in [7, 11) is -3.53. The van der Waals surface area contributed by atoms with Crippen LogP contribution in [-0.4, -0.2) is 30.7 Å². The lowest BCUT2D eigenvalue weighted by Crippen LogP contribution is -2.32. The van der Waals surface area contributed by atoms with Crippen molar-refractivity contribution in [3.05, 3.63) is 65.2 Å². The molecule has 2 saturated carbocycles. The minimum atomic E-state index is -3.53. The summed E-state index contributed by atoms with van der Waals surface area (Å²) in [4.78, 5) is 12.4. The number of sulfonamides is 1. The zero-order chi connectivity index (χ0) is 19.0. The van der Waals surface area contributed by atoms with Crippen molar-refractivity contribution in [3.63, 3.8) is 0 Å². The Morgan fingerprint density at radius 1 is 1.00 bits per heavy atom. The summed E-state index contributed by atoms with van der Waals surface area (Å²) < 4.78 is 27.8. The van der Waals surface area contributed by atoms with Gasteiger partial charge in [-0.15, -0.1) is 0 Å². The minimum absolute atomic E-state index is 0.0598. The number of hydrogen-bond acceptors (Lipinski definition) is 3. The van der Waals surface area contributed by atoms with Gasteiger partial charge < -0.3 is 5.32 Å². The summed E-state index contributed by atoms with van der Waals surface area (Å²) in [6.45, 7) is 2.27. The van der Waals surface area contributed by atoms with Crippen LogP contribution in [0.15, 0.2) is 53.4 Å². The van der Waals surface area contributed by atoms with Crippen LogP contribution in [0.25, 0.3) is 0 Å². The lowest BCUT2D eigenvalue weighted by molar-refractivity contribution is 0.0951. The Hall–Kier alpha value is -2.18. The van der Waals surface area contributed by atoms with E-state index in [9.17, 15) is 13.2 Å². The van der Waals surface area contributed by atoms with E-state index in [1.165, 1.54) is 0 Å². The SMILES string of the molecule is Cc1ccc(S(=O)(=O)N(Cc2ccc(C(=O)NC3CC3)cc2)C2CC2)cc1. The maximum absolute atomic E-state index is 13.1. The van der Waals surface area contributed by atoms with E-state index in [0.29, 0.717) is 23.0 Å². The second-order valence-corrected chi connectivity index (χ2v) is 9.43. The highest BCUT2D eigenvalue weighted by molar-refractivity contribution is 7.89. The summed E-state index contributed by atoms with van der Waals surface area (Å²) in [6, 6.07) is 14.6. The molecule has 2 aliphatic rings. The van der Waals surface area contributed by atoms with Gasteiger partial charge in [0.25, 0.3) is 5.91 Å². The van der Waals surface area contributed by atoms with E-state index in [-0.39, 0.29) is 11.9 Å². The molecule has 6 heteroatoms. The van der Waals surface area contributed by atoms with Crippen molar-refractivity contribution < 1.29 is 13.2 Å². The molecule has 142 valence electrons. The largest absolute Gasteiger partial charge is 0.349 e. The van der Waals surface area contributed by atoms with Crippen molar-refractivity contribution >= 4 is 15.9 Å². The molecule has 2 aliphatic carbocycles. The van der Waals surface area contributed by atoms with Gasteiger partial charge in [0.2, 0.25) is 10.0 Å². The molecule has 5 nitrogen and oxygen atoms in total. The van der Waals surface area contributed by atoms with Crippen molar-refractivity contribution in [3.8, 4) is 0 Å². The number of hydrogen-bond donors (Lipinski definition) is 1. The van der Waals surface area contributed by atoms with Crippen molar-refractivity contribution in [1.82, 2.24) is 9.62 Å². The summed E-state index contributed by atoms with van der Waals surface area (Å²) in [6.07, 6.45) is 3.90. The summed E-state index contributed by atoms with van der Waals surface area (Å²) in [5.41, 5.74) is 2.54. The Labute approximate surface area is 160 Å². The molecule has 2 fully saturated rings. The third-order valence-electron chi connectivity index (χ3n) is 5.05. The van der Waals surface area contributed by atoms with Crippen LogP contribution in [0.1, 0.15) is 47.2 Å².